The molecule has 1 rings (SSSR count). The zero-order chi connectivity index (χ0) is 12.8. The fourth-order valence-corrected chi connectivity index (χ4v) is 1.95. The molecule has 0 aliphatic carbocycles. The van der Waals surface area contributed by atoms with Gasteiger partial charge in [-0.3, -0.25) is 0 Å². The molecule has 0 atom stereocenters. The summed E-state index contributed by atoms with van der Waals surface area (Å²) in [5.74, 6) is -0.416. The molecule has 1 heterocycles. The Hall–Kier alpha value is -1.54. The number of thioether (sulfide) groups is 1. The third-order valence-electron chi connectivity index (χ3n) is 2.21. The summed E-state index contributed by atoms with van der Waals surface area (Å²) in [6, 6.07) is 3.61. The van der Waals surface area contributed by atoms with E-state index in [1.54, 1.807) is 13.0 Å². The summed E-state index contributed by atoms with van der Waals surface area (Å²) in [5.41, 5.74) is 1.48. The second-order valence-electron chi connectivity index (χ2n) is 3.23. The Labute approximate surface area is 105 Å². The predicted octanol–water partition coefficient (Wildman–Crippen LogP) is 2.41. The quantitative estimate of drug-likeness (QED) is 0.606. The molecule has 0 radical (unpaired) electrons. The highest BCUT2D eigenvalue weighted by Crippen LogP contribution is 2.21. The molecule has 0 spiro atoms. The molecular weight excluding hydrogens is 236 g/mol. The molecule has 5 heteroatoms. The van der Waals surface area contributed by atoms with Gasteiger partial charge in [0.25, 0.3) is 0 Å². The number of ether oxygens (including phenoxy) is 1. The molecule has 0 saturated carbocycles. The van der Waals surface area contributed by atoms with Gasteiger partial charge in [0.2, 0.25) is 0 Å². The van der Waals surface area contributed by atoms with E-state index < -0.39 is 5.97 Å². The topological polar surface area (TPSA) is 63.0 Å². The molecule has 1 aromatic heterocycles. The van der Waals surface area contributed by atoms with Gasteiger partial charge >= 0.3 is 5.97 Å². The summed E-state index contributed by atoms with van der Waals surface area (Å²) in [5, 5.41) is 9.64. The molecule has 0 bridgehead atoms. The summed E-state index contributed by atoms with van der Waals surface area (Å²) in [7, 11) is 0. The van der Waals surface area contributed by atoms with Crippen LogP contribution in [0.1, 0.15) is 35.5 Å². The second kappa shape index (κ2) is 6.26. The molecule has 0 aliphatic heterocycles. The SMILES string of the molecule is CCOC(=O)c1cc(C#N)c(SC)nc1CC. The van der Waals surface area contributed by atoms with Crippen LogP contribution in [0.4, 0.5) is 0 Å². The fourth-order valence-electron chi connectivity index (χ4n) is 1.42. The van der Waals surface area contributed by atoms with E-state index in [4.69, 9.17) is 10.00 Å². The molecule has 90 valence electrons. The Morgan fingerprint density at radius 2 is 2.29 bits per heavy atom. The number of carbonyl (C=O) groups is 1. The third kappa shape index (κ3) is 2.98. The van der Waals surface area contributed by atoms with Crippen molar-refractivity contribution in [3.8, 4) is 6.07 Å². The van der Waals surface area contributed by atoms with Crippen LogP contribution in [0.5, 0.6) is 0 Å². The van der Waals surface area contributed by atoms with Gasteiger partial charge in [0.05, 0.1) is 23.4 Å². The molecule has 1 aromatic rings. The van der Waals surface area contributed by atoms with E-state index in [0.717, 1.165) is 0 Å². The molecule has 4 nitrogen and oxygen atoms in total. The lowest BCUT2D eigenvalue weighted by Crippen LogP contribution is -2.10. The van der Waals surface area contributed by atoms with Gasteiger partial charge in [0.1, 0.15) is 11.1 Å². The highest BCUT2D eigenvalue weighted by atomic mass is 32.2. The fraction of sp³-hybridized carbons (Fsp3) is 0.417. The first-order valence-electron chi connectivity index (χ1n) is 5.33. The maximum Gasteiger partial charge on any atom is 0.340 e. The number of nitrogens with zero attached hydrogens (tertiary/aromatic N) is 2. The molecule has 0 N–H and O–H groups in total. The minimum absolute atomic E-state index is 0.314. The number of nitriles is 1. The zero-order valence-corrected chi connectivity index (χ0v) is 10.9. The maximum absolute atomic E-state index is 11.7. The van der Waals surface area contributed by atoms with Gasteiger partial charge in [0.15, 0.2) is 0 Å². The van der Waals surface area contributed by atoms with Crippen molar-refractivity contribution in [2.24, 2.45) is 0 Å². The third-order valence-corrected chi connectivity index (χ3v) is 2.91. The van der Waals surface area contributed by atoms with Crippen LogP contribution in [0, 0.1) is 11.3 Å². The molecule has 0 aromatic carbocycles. The van der Waals surface area contributed by atoms with E-state index in [2.05, 4.69) is 4.98 Å². The number of pyridine rings is 1. The molecule has 0 fully saturated rings. The number of esters is 1. The average Bonchev–Trinajstić information content (AvgIpc) is 2.37. The molecule has 0 unspecified atom stereocenters. The lowest BCUT2D eigenvalue weighted by molar-refractivity contribution is 0.0524. The molecule has 0 amide bonds. The van der Waals surface area contributed by atoms with E-state index >= 15 is 0 Å². The molecule has 0 saturated heterocycles. The smallest absolute Gasteiger partial charge is 0.340 e. The van der Waals surface area contributed by atoms with Crippen LogP contribution in [0.15, 0.2) is 11.1 Å². The van der Waals surface area contributed by atoms with Crippen LogP contribution in [-0.2, 0) is 11.2 Å². The van der Waals surface area contributed by atoms with Crippen molar-refractivity contribution in [2.45, 2.75) is 25.3 Å². The molecular formula is C12H14N2O2S. The van der Waals surface area contributed by atoms with Crippen molar-refractivity contribution >= 4 is 17.7 Å². The first kappa shape index (κ1) is 13.5. The van der Waals surface area contributed by atoms with Crippen molar-refractivity contribution in [3.05, 3.63) is 22.9 Å². The van der Waals surface area contributed by atoms with Crippen molar-refractivity contribution in [1.82, 2.24) is 4.98 Å². The maximum atomic E-state index is 11.7. The van der Waals surface area contributed by atoms with Gasteiger partial charge in [-0.15, -0.1) is 11.8 Å². The lowest BCUT2D eigenvalue weighted by Gasteiger charge is -2.09. The Bertz CT molecular complexity index is 466. The van der Waals surface area contributed by atoms with Gasteiger partial charge in [-0.25, -0.2) is 9.78 Å². The summed E-state index contributed by atoms with van der Waals surface area (Å²) < 4.78 is 4.95. The standard InChI is InChI=1S/C12H14N2O2S/c1-4-10-9(12(15)16-5-2)6-8(7-13)11(14-10)17-3/h6H,4-5H2,1-3H3. The van der Waals surface area contributed by atoms with Crippen LogP contribution in [-0.4, -0.2) is 23.8 Å². The van der Waals surface area contributed by atoms with Crippen LogP contribution in [0.2, 0.25) is 0 Å². The number of hydrogen-bond acceptors (Lipinski definition) is 5. The number of rotatable bonds is 4. The lowest BCUT2D eigenvalue weighted by atomic mass is 10.1. The molecule has 17 heavy (non-hydrogen) atoms. The first-order chi connectivity index (χ1) is 8.17. The minimum atomic E-state index is -0.416. The van der Waals surface area contributed by atoms with E-state index in [-0.39, 0.29) is 0 Å². The second-order valence-corrected chi connectivity index (χ2v) is 4.02. The minimum Gasteiger partial charge on any atom is -0.462 e. The number of hydrogen-bond donors (Lipinski definition) is 0. The van der Waals surface area contributed by atoms with Crippen molar-refractivity contribution < 1.29 is 9.53 Å². The first-order valence-corrected chi connectivity index (χ1v) is 6.55. The Balaban J connectivity index is 3.29. The predicted molar refractivity (Wildman–Crippen MR) is 66.1 cm³/mol. The molecule has 0 aliphatic rings. The number of carbonyl (C=O) groups excluding carboxylic acids is 1. The van der Waals surface area contributed by atoms with Crippen molar-refractivity contribution in [1.29, 1.82) is 5.26 Å². The summed E-state index contributed by atoms with van der Waals surface area (Å²) >= 11 is 1.40. The Morgan fingerprint density at radius 1 is 1.59 bits per heavy atom. The van der Waals surface area contributed by atoms with Crippen LogP contribution >= 0.6 is 11.8 Å². The number of aryl methyl sites for hydroxylation is 1. The van der Waals surface area contributed by atoms with Crippen molar-refractivity contribution in [3.63, 3.8) is 0 Å². The van der Waals surface area contributed by atoms with Gasteiger partial charge < -0.3 is 4.74 Å². The van der Waals surface area contributed by atoms with Crippen LogP contribution in [0.25, 0.3) is 0 Å². The highest BCUT2D eigenvalue weighted by molar-refractivity contribution is 7.98. The largest absolute Gasteiger partial charge is 0.462 e. The van der Waals surface area contributed by atoms with Gasteiger partial charge in [-0.2, -0.15) is 5.26 Å². The Morgan fingerprint density at radius 3 is 2.76 bits per heavy atom. The highest BCUT2D eigenvalue weighted by Gasteiger charge is 2.16. The van der Waals surface area contributed by atoms with E-state index in [1.165, 1.54) is 11.8 Å². The normalized spacial score (nSPS) is 9.76. The van der Waals surface area contributed by atoms with E-state index in [0.29, 0.717) is 34.9 Å². The van der Waals surface area contributed by atoms with Gasteiger partial charge in [0, 0.05) is 0 Å². The average molecular weight is 250 g/mol. The van der Waals surface area contributed by atoms with Gasteiger partial charge in [-0.05, 0) is 25.7 Å². The zero-order valence-electron chi connectivity index (χ0n) is 10.1. The number of aromatic nitrogens is 1. The van der Waals surface area contributed by atoms with Crippen LogP contribution < -0.4 is 0 Å². The summed E-state index contributed by atoms with van der Waals surface area (Å²) in [6.45, 7) is 3.98. The van der Waals surface area contributed by atoms with Gasteiger partial charge in [-0.1, -0.05) is 6.92 Å². The monoisotopic (exact) mass is 250 g/mol. The Kier molecular flexibility index (Phi) is 4.98. The van der Waals surface area contributed by atoms with E-state index in [1.807, 2.05) is 19.2 Å². The summed E-state index contributed by atoms with van der Waals surface area (Å²) in [6.07, 6.45) is 2.49. The van der Waals surface area contributed by atoms with Crippen molar-refractivity contribution in [2.75, 3.05) is 12.9 Å². The summed E-state index contributed by atoms with van der Waals surface area (Å²) in [4.78, 5) is 16.0. The van der Waals surface area contributed by atoms with E-state index in [9.17, 15) is 4.79 Å². The van der Waals surface area contributed by atoms with Crippen LogP contribution in [0.3, 0.4) is 0 Å².